The van der Waals surface area contributed by atoms with E-state index in [4.69, 9.17) is 4.74 Å². The molecule has 0 aromatic heterocycles. The quantitative estimate of drug-likeness (QED) is 0.647. The number of nitrogens with zero attached hydrogens (tertiary/aromatic N) is 2. The summed E-state index contributed by atoms with van der Waals surface area (Å²) in [6, 6.07) is 16.3. The minimum Gasteiger partial charge on any atom is -0.456 e. The van der Waals surface area contributed by atoms with E-state index in [1.165, 1.54) is 0 Å². The molecule has 23 heavy (non-hydrogen) atoms. The van der Waals surface area contributed by atoms with Gasteiger partial charge in [-0.25, -0.2) is 0 Å². The molecule has 6 nitrogen and oxygen atoms in total. The zero-order valence-electron chi connectivity index (χ0n) is 12.7. The number of rotatable bonds is 6. The van der Waals surface area contributed by atoms with E-state index >= 15 is 0 Å². The average molecular weight is 311 g/mol. The van der Waals surface area contributed by atoms with Gasteiger partial charge in [-0.3, -0.25) is 9.59 Å². The Bertz CT molecular complexity index is 682. The smallest absolute Gasteiger partial charge is 0.306 e. The Labute approximate surface area is 134 Å². The summed E-state index contributed by atoms with van der Waals surface area (Å²) in [6.07, 6.45) is 0.244. The zero-order valence-corrected chi connectivity index (χ0v) is 12.7. The molecule has 6 heteroatoms. The lowest BCUT2D eigenvalue weighted by atomic mass is 10.3. The number of azo groups is 1. The zero-order chi connectivity index (χ0) is 16.5. The average Bonchev–Trinajstić information content (AvgIpc) is 2.60. The molecule has 0 radical (unpaired) electrons. The lowest BCUT2D eigenvalue weighted by Crippen LogP contribution is -2.20. The van der Waals surface area contributed by atoms with Crippen LogP contribution in [-0.2, 0) is 14.3 Å². The molecule has 0 atom stereocenters. The fraction of sp³-hybridized carbons (Fsp3) is 0.176. The van der Waals surface area contributed by atoms with Crippen molar-refractivity contribution in [3.63, 3.8) is 0 Å². The van der Waals surface area contributed by atoms with Gasteiger partial charge in [-0.2, -0.15) is 10.2 Å². The molecule has 0 unspecified atom stereocenters. The maximum absolute atomic E-state index is 11.6. The lowest BCUT2D eigenvalue weighted by molar-refractivity contribution is -0.146. The number of benzene rings is 2. The van der Waals surface area contributed by atoms with Crippen molar-refractivity contribution in [1.82, 2.24) is 0 Å². The Kier molecular flexibility index (Phi) is 5.99. The van der Waals surface area contributed by atoms with Gasteiger partial charge >= 0.3 is 5.97 Å². The summed E-state index contributed by atoms with van der Waals surface area (Å²) in [7, 11) is 0. The van der Waals surface area contributed by atoms with Crippen molar-refractivity contribution in [2.45, 2.75) is 13.3 Å². The molecular formula is C17H17N3O3. The number of amides is 1. The van der Waals surface area contributed by atoms with Crippen molar-refractivity contribution in [2.24, 2.45) is 10.2 Å². The summed E-state index contributed by atoms with van der Waals surface area (Å²) < 4.78 is 4.75. The molecular weight excluding hydrogens is 294 g/mol. The maximum atomic E-state index is 11.6. The number of ether oxygens (including phenoxy) is 1. The third-order valence-corrected chi connectivity index (χ3v) is 2.84. The van der Waals surface area contributed by atoms with Crippen LogP contribution in [0.5, 0.6) is 0 Å². The number of carbonyl (C=O) groups is 2. The van der Waals surface area contributed by atoms with Crippen LogP contribution in [0.3, 0.4) is 0 Å². The molecule has 2 aromatic carbocycles. The van der Waals surface area contributed by atoms with Crippen molar-refractivity contribution in [1.29, 1.82) is 0 Å². The standard InChI is InChI=1S/C17H17N3O3/c1-2-17(22)23-12-16(21)18-13-8-10-15(11-9-13)20-19-14-6-4-3-5-7-14/h3-11H,2,12H2,1H3,(H,18,21). The predicted octanol–water partition coefficient (Wildman–Crippen LogP) is 3.99. The van der Waals surface area contributed by atoms with Gasteiger partial charge in [-0.15, -0.1) is 0 Å². The van der Waals surface area contributed by atoms with Gasteiger partial charge in [-0.05, 0) is 36.4 Å². The van der Waals surface area contributed by atoms with Crippen LogP contribution in [-0.4, -0.2) is 18.5 Å². The normalized spacial score (nSPS) is 10.5. The van der Waals surface area contributed by atoms with Crippen molar-refractivity contribution in [2.75, 3.05) is 11.9 Å². The second-order valence-corrected chi connectivity index (χ2v) is 4.64. The first-order valence-electron chi connectivity index (χ1n) is 7.19. The van der Waals surface area contributed by atoms with Crippen molar-refractivity contribution < 1.29 is 14.3 Å². The fourth-order valence-electron chi connectivity index (χ4n) is 1.67. The molecule has 0 aliphatic rings. The summed E-state index contributed by atoms with van der Waals surface area (Å²) in [5.74, 6) is -0.790. The van der Waals surface area contributed by atoms with E-state index < -0.39 is 5.97 Å². The summed E-state index contributed by atoms with van der Waals surface area (Å²) >= 11 is 0. The van der Waals surface area contributed by atoms with Crippen LogP contribution in [0.2, 0.25) is 0 Å². The molecule has 0 spiro atoms. The third-order valence-electron chi connectivity index (χ3n) is 2.84. The van der Waals surface area contributed by atoms with Gasteiger partial charge in [0, 0.05) is 12.1 Å². The molecule has 0 fully saturated rings. The third kappa shape index (κ3) is 5.70. The van der Waals surface area contributed by atoms with E-state index in [1.807, 2.05) is 30.3 Å². The Morgan fingerprint density at radius 1 is 0.957 bits per heavy atom. The Morgan fingerprint density at radius 2 is 1.57 bits per heavy atom. The summed E-state index contributed by atoms with van der Waals surface area (Å²) in [5, 5.41) is 10.8. The Hall–Kier alpha value is -3.02. The first-order valence-corrected chi connectivity index (χ1v) is 7.19. The van der Waals surface area contributed by atoms with E-state index in [0.717, 1.165) is 5.69 Å². The second-order valence-electron chi connectivity index (χ2n) is 4.64. The van der Waals surface area contributed by atoms with E-state index in [0.29, 0.717) is 11.4 Å². The molecule has 0 aliphatic carbocycles. The fourth-order valence-corrected chi connectivity index (χ4v) is 1.67. The van der Waals surface area contributed by atoms with Crippen LogP contribution in [0, 0.1) is 0 Å². The van der Waals surface area contributed by atoms with Crippen LogP contribution in [0.25, 0.3) is 0 Å². The van der Waals surface area contributed by atoms with Crippen LogP contribution in [0.15, 0.2) is 64.8 Å². The molecule has 1 N–H and O–H groups in total. The van der Waals surface area contributed by atoms with E-state index in [-0.39, 0.29) is 18.9 Å². The highest BCUT2D eigenvalue weighted by atomic mass is 16.5. The van der Waals surface area contributed by atoms with Gasteiger partial charge in [-0.1, -0.05) is 25.1 Å². The maximum Gasteiger partial charge on any atom is 0.306 e. The predicted molar refractivity (Wildman–Crippen MR) is 86.9 cm³/mol. The highest BCUT2D eigenvalue weighted by Crippen LogP contribution is 2.19. The number of hydrogen-bond acceptors (Lipinski definition) is 5. The van der Waals surface area contributed by atoms with Crippen molar-refractivity contribution in [3.8, 4) is 0 Å². The molecule has 2 aromatic rings. The Balaban J connectivity index is 1.88. The highest BCUT2D eigenvalue weighted by Gasteiger charge is 2.05. The van der Waals surface area contributed by atoms with E-state index in [1.54, 1.807) is 31.2 Å². The topological polar surface area (TPSA) is 80.1 Å². The van der Waals surface area contributed by atoms with Gasteiger partial charge in [0.25, 0.3) is 5.91 Å². The van der Waals surface area contributed by atoms with Gasteiger partial charge in [0.15, 0.2) is 6.61 Å². The lowest BCUT2D eigenvalue weighted by Gasteiger charge is -2.05. The molecule has 118 valence electrons. The van der Waals surface area contributed by atoms with Crippen molar-refractivity contribution in [3.05, 3.63) is 54.6 Å². The molecule has 0 heterocycles. The molecule has 2 rings (SSSR count). The summed E-state index contributed by atoms with van der Waals surface area (Å²) in [4.78, 5) is 22.6. The highest BCUT2D eigenvalue weighted by molar-refractivity contribution is 5.92. The minimum atomic E-state index is -0.406. The van der Waals surface area contributed by atoms with Crippen LogP contribution < -0.4 is 5.32 Å². The molecule has 0 saturated heterocycles. The number of carbonyl (C=O) groups excluding carboxylic acids is 2. The molecule has 0 bridgehead atoms. The van der Waals surface area contributed by atoms with Crippen LogP contribution >= 0.6 is 0 Å². The first kappa shape index (κ1) is 16.4. The van der Waals surface area contributed by atoms with E-state index in [2.05, 4.69) is 15.5 Å². The summed E-state index contributed by atoms with van der Waals surface area (Å²) in [5.41, 5.74) is 2.04. The molecule has 0 saturated carbocycles. The number of hydrogen-bond donors (Lipinski definition) is 1. The Morgan fingerprint density at radius 3 is 2.17 bits per heavy atom. The number of anilines is 1. The minimum absolute atomic E-state index is 0.244. The largest absolute Gasteiger partial charge is 0.456 e. The van der Waals surface area contributed by atoms with Crippen molar-refractivity contribution >= 4 is 28.9 Å². The van der Waals surface area contributed by atoms with Crippen LogP contribution in [0.4, 0.5) is 17.1 Å². The van der Waals surface area contributed by atoms with Gasteiger partial charge in [0.1, 0.15) is 0 Å². The number of esters is 1. The first-order chi connectivity index (χ1) is 11.2. The van der Waals surface area contributed by atoms with Crippen LogP contribution in [0.1, 0.15) is 13.3 Å². The SMILES string of the molecule is CCC(=O)OCC(=O)Nc1ccc(N=Nc2ccccc2)cc1. The molecule has 1 amide bonds. The van der Waals surface area contributed by atoms with E-state index in [9.17, 15) is 9.59 Å². The molecule has 0 aliphatic heterocycles. The van der Waals surface area contributed by atoms with Gasteiger partial charge in [0.05, 0.1) is 11.4 Å². The second kappa shape index (κ2) is 8.43. The van der Waals surface area contributed by atoms with Gasteiger partial charge in [0.2, 0.25) is 0 Å². The monoisotopic (exact) mass is 311 g/mol. The number of nitrogens with one attached hydrogen (secondary N) is 1. The summed E-state index contributed by atoms with van der Waals surface area (Å²) in [6.45, 7) is 1.38. The van der Waals surface area contributed by atoms with Gasteiger partial charge < -0.3 is 10.1 Å².